The third kappa shape index (κ3) is 3.76. The van der Waals surface area contributed by atoms with Gasteiger partial charge >= 0.3 is 0 Å². The van der Waals surface area contributed by atoms with Gasteiger partial charge in [0.05, 0.1) is 31.8 Å². The highest BCUT2D eigenvalue weighted by atomic mass is 35.5. The van der Waals surface area contributed by atoms with E-state index in [-0.39, 0.29) is 11.6 Å². The highest BCUT2D eigenvalue weighted by Crippen LogP contribution is 2.31. The summed E-state index contributed by atoms with van der Waals surface area (Å²) in [4.78, 5) is 22.3. The summed E-state index contributed by atoms with van der Waals surface area (Å²) >= 11 is 6.02. The van der Waals surface area contributed by atoms with E-state index in [1.165, 1.54) is 37.2 Å². The van der Waals surface area contributed by atoms with E-state index < -0.39 is 0 Å². The Bertz CT molecular complexity index is 732. The van der Waals surface area contributed by atoms with Crippen LogP contribution < -0.4 is 14.4 Å². The van der Waals surface area contributed by atoms with Crippen LogP contribution in [0.3, 0.4) is 0 Å². The number of carbonyl (C=O) groups is 1. The third-order valence-corrected chi connectivity index (χ3v) is 4.05. The number of hydrogen-bond donors (Lipinski definition) is 0. The van der Waals surface area contributed by atoms with Crippen molar-refractivity contribution in [1.82, 2.24) is 9.97 Å². The average Bonchev–Trinajstić information content (AvgIpc) is 3.43. The van der Waals surface area contributed by atoms with Crippen LogP contribution in [0.2, 0.25) is 5.02 Å². The van der Waals surface area contributed by atoms with Crippen molar-refractivity contribution in [2.75, 3.05) is 25.7 Å². The van der Waals surface area contributed by atoms with E-state index in [0.717, 1.165) is 0 Å². The minimum atomic E-state index is -0.309. The maximum Gasteiger partial charge on any atom is 0.278 e. The van der Waals surface area contributed by atoms with Crippen LogP contribution in [0.1, 0.15) is 23.3 Å². The highest BCUT2D eigenvalue weighted by Gasteiger charge is 2.23. The molecular formula is C17H18ClN3O3. The molecule has 24 heavy (non-hydrogen) atoms. The Labute approximate surface area is 145 Å². The van der Waals surface area contributed by atoms with Crippen LogP contribution >= 0.6 is 11.6 Å². The Kier molecular flexibility index (Phi) is 4.85. The summed E-state index contributed by atoms with van der Waals surface area (Å²) in [6, 6.07) is 5.08. The largest absolute Gasteiger partial charge is 0.495 e. The molecule has 0 aliphatic heterocycles. The lowest BCUT2D eigenvalue weighted by Gasteiger charge is -2.19. The molecule has 0 saturated heterocycles. The standard InChI is InChI=1S/C17H18ClN3O3/c1-21(14-7-12(18)5-6-15(14)23-2)17(22)13-8-20-16(9-19-13)24-10-11-3-4-11/h5-9,11H,3-4,10H2,1-2H3. The van der Waals surface area contributed by atoms with Crippen LogP contribution in [0, 0.1) is 5.92 Å². The SMILES string of the molecule is COc1ccc(Cl)cc1N(C)C(=O)c1cnc(OCC2CC2)cn1. The summed E-state index contributed by atoms with van der Waals surface area (Å²) in [5.74, 6) is 1.31. The van der Waals surface area contributed by atoms with Gasteiger partial charge in [-0.2, -0.15) is 0 Å². The maximum atomic E-state index is 12.6. The topological polar surface area (TPSA) is 64.5 Å². The van der Waals surface area contributed by atoms with E-state index in [0.29, 0.717) is 34.9 Å². The fourth-order valence-electron chi connectivity index (χ4n) is 2.20. The van der Waals surface area contributed by atoms with E-state index >= 15 is 0 Å². The van der Waals surface area contributed by atoms with Gasteiger partial charge in [0.1, 0.15) is 11.4 Å². The van der Waals surface area contributed by atoms with Crippen molar-refractivity contribution in [3.8, 4) is 11.6 Å². The maximum absolute atomic E-state index is 12.6. The van der Waals surface area contributed by atoms with Crippen molar-refractivity contribution >= 4 is 23.2 Å². The fraction of sp³-hybridized carbons (Fsp3) is 0.353. The van der Waals surface area contributed by atoms with Crippen LogP contribution in [0.25, 0.3) is 0 Å². The monoisotopic (exact) mass is 347 g/mol. The number of carbonyl (C=O) groups excluding carboxylic acids is 1. The van der Waals surface area contributed by atoms with Crippen LogP contribution in [0.5, 0.6) is 11.6 Å². The summed E-state index contributed by atoms with van der Waals surface area (Å²) in [6.45, 7) is 0.654. The van der Waals surface area contributed by atoms with Gasteiger partial charge < -0.3 is 14.4 Å². The number of methoxy groups -OCH3 is 1. The van der Waals surface area contributed by atoms with Gasteiger partial charge in [0.25, 0.3) is 5.91 Å². The zero-order valence-corrected chi connectivity index (χ0v) is 14.3. The summed E-state index contributed by atoms with van der Waals surface area (Å²) < 4.78 is 10.8. The molecule has 0 atom stereocenters. The molecule has 0 spiro atoms. The summed E-state index contributed by atoms with van der Waals surface area (Å²) in [7, 11) is 3.17. The average molecular weight is 348 g/mol. The first-order valence-electron chi connectivity index (χ1n) is 7.65. The van der Waals surface area contributed by atoms with Gasteiger partial charge in [-0.1, -0.05) is 11.6 Å². The molecule has 126 valence electrons. The lowest BCUT2D eigenvalue weighted by molar-refractivity contribution is 0.0987. The van der Waals surface area contributed by atoms with Gasteiger partial charge in [0.2, 0.25) is 5.88 Å². The number of aromatic nitrogens is 2. The summed E-state index contributed by atoms with van der Waals surface area (Å²) in [5, 5.41) is 0.514. The normalized spacial score (nSPS) is 13.5. The van der Waals surface area contributed by atoms with Crippen molar-refractivity contribution in [3.63, 3.8) is 0 Å². The summed E-state index contributed by atoms with van der Waals surface area (Å²) in [5.41, 5.74) is 0.782. The van der Waals surface area contributed by atoms with Gasteiger partial charge in [-0.25, -0.2) is 9.97 Å². The molecule has 0 bridgehead atoms. The molecule has 1 aliphatic rings. The Morgan fingerprint density at radius 2 is 2.12 bits per heavy atom. The predicted octanol–water partition coefficient (Wildman–Crippen LogP) is 3.20. The molecule has 1 aromatic carbocycles. The molecule has 3 rings (SSSR count). The molecule has 6 nitrogen and oxygen atoms in total. The van der Waals surface area contributed by atoms with E-state index in [1.54, 1.807) is 25.2 Å². The molecule has 1 aromatic heterocycles. The molecule has 0 unspecified atom stereocenters. The Morgan fingerprint density at radius 1 is 1.33 bits per heavy atom. The second kappa shape index (κ2) is 7.05. The molecule has 1 fully saturated rings. The lowest BCUT2D eigenvalue weighted by atomic mass is 10.2. The number of halogens is 1. The number of hydrogen-bond acceptors (Lipinski definition) is 5. The number of benzene rings is 1. The first-order valence-corrected chi connectivity index (χ1v) is 8.02. The fourth-order valence-corrected chi connectivity index (χ4v) is 2.36. The minimum Gasteiger partial charge on any atom is -0.495 e. The molecule has 0 radical (unpaired) electrons. The van der Waals surface area contributed by atoms with Gasteiger partial charge in [-0.05, 0) is 37.0 Å². The molecular weight excluding hydrogens is 330 g/mol. The third-order valence-electron chi connectivity index (χ3n) is 3.82. The van der Waals surface area contributed by atoms with E-state index in [9.17, 15) is 4.79 Å². The highest BCUT2D eigenvalue weighted by molar-refractivity contribution is 6.31. The zero-order valence-electron chi connectivity index (χ0n) is 13.5. The number of amides is 1. The molecule has 1 heterocycles. The Hall–Kier alpha value is -2.34. The molecule has 1 saturated carbocycles. The van der Waals surface area contributed by atoms with Crippen molar-refractivity contribution < 1.29 is 14.3 Å². The number of rotatable bonds is 6. The quantitative estimate of drug-likeness (QED) is 0.802. The second-order valence-electron chi connectivity index (χ2n) is 5.67. The van der Waals surface area contributed by atoms with Crippen molar-refractivity contribution in [3.05, 3.63) is 41.3 Å². The van der Waals surface area contributed by atoms with Gasteiger partial charge in [0.15, 0.2) is 0 Å². The smallest absolute Gasteiger partial charge is 0.278 e. The lowest BCUT2D eigenvalue weighted by Crippen LogP contribution is -2.27. The van der Waals surface area contributed by atoms with E-state index in [2.05, 4.69) is 9.97 Å². The van der Waals surface area contributed by atoms with Crippen molar-refractivity contribution in [1.29, 1.82) is 0 Å². The second-order valence-corrected chi connectivity index (χ2v) is 6.11. The van der Waals surface area contributed by atoms with E-state index in [1.807, 2.05) is 0 Å². The summed E-state index contributed by atoms with van der Waals surface area (Å²) in [6.07, 6.45) is 5.29. The van der Waals surface area contributed by atoms with Crippen molar-refractivity contribution in [2.45, 2.75) is 12.8 Å². The molecule has 0 N–H and O–H groups in total. The van der Waals surface area contributed by atoms with E-state index in [4.69, 9.17) is 21.1 Å². The number of anilines is 1. The molecule has 1 aliphatic carbocycles. The van der Waals surface area contributed by atoms with Crippen molar-refractivity contribution in [2.24, 2.45) is 5.92 Å². The van der Waals surface area contributed by atoms with Gasteiger partial charge in [-0.3, -0.25) is 4.79 Å². The Balaban J connectivity index is 1.74. The first kappa shape index (κ1) is 16.5. The molecule has 7 heteroatoms. The van der Waals surface area contributed by atoms with Gasteiger partial charge in [0, 0.05) is 12.1 Å². The number of nitrogens with zero attached hydrogens (tertiary/aromatic N) is 3. The van der Waals surface area contributed by atoms with Crippen LogP contribution in [0.15, 0.2) is 30.6 Å². The number of ether oxygens (including phenoxy) is 2. The minimum absolute atomic E-state index is 0.221. The predicted molar refractivity (Wildman–Crippen MR) is 91.0 cm³/mol. The molecule has 2 aromatic rings. The van der Waals surface area contributed by atoms with Crippen LogP contribution in [-0.4, -0.2) is 36.6 Å². The van der Waals surface area contributed by atoms with Gasteiger partial charge in [-0.15, -0.1) is 0 Å². The van der Waals surface area contributed by atoms with Crippen LogP contribution in [-0.2, 0) is 0 Å². The Morgan fingerprint density at radius 3 is 2.75 bits per heavy atom. The molecule has 1 amide bonds. The van der Waals surface area contributed by atoms with Crippen LogP contribution in [0.4, 0.5) is 5.69 Å². The first-order chi connectivity index (χ1) is 11.6. The zero-order chi connectivity index (χ0) is 17.1.